The van der Waals surface area contributed by atoms with Crippen LogP contribution in [0.2, 0.25) is 0 Å². The van der Waals surface area contributed by atoms with Crippen LogP contribution in [0.3, 0.4) is 0 Å². The second-order valence-corrected chi connectivity index (χ2v) is 26.4. The molecule has 0 saturated heterocycles. The zero-order chi connectivity index (χ0) is 81.6. The molecule has 0 aliphatic carbocycles. The number of halogens is 12. The quantitative estimate of drug-likeness (QED) is 0.0586. The number of aromatic nitrogens is 8. The van der Waals surface area contributed by atoms with Gasteiger partial charge in [0.15, 0.2) is 11.6 Å². The van der Waals surface area contributed by atoms with Gasteiger partial charge in [0, 0.05) is 88.2 Å². The molecule has 8 aromatic heterocycles. The number of anilines is 3. The predicted molar refractivity (Wildman–Crippen MR) is 419 cm³/mol. The van der Waals surface area contributed by atoms with Gasteiger partial charge in [0.25, 0.3) is 17.7 Å². The van der Waals surface area contributed by atoms with Gasteiger partial charge in [-0.2, -0.15) is 39.5 Å². The highest BCUT2D eigenvalue weighted by Crippen LogP contribution is 2.42. The lowest BCUT2D eigenvalue weighted by atomic mass is 9.98. The maximum Gasteiger partial charge on any atom is 0.417 e. The Bertz CT molecular complexity index is 6120. The van der Waals surface area contributed by atoms with Gasteiger partial charge in [-0.15, -0.1) is 0 Å². The van der Waals surface area contributed by atoms with Gasteiger partial charge in [0.1, 0.15) is 22.8 Å². The van der Waals surface area contributed by atoms with Gasteiger partial charge in [-0.05, 0) is 202 Å². The van der Waals surface area contributed by atoms with Crippen molar-refractivity contribution in [3.05, 3.63) is 329 Å². The molecule has 15 aromatic rings. The van der Waals surface area contributed by atoms with Gasteiger partial charge < -0.3 is 25.4 Å². The predicted octanol–water partition coefficient (Wildman–Crippen LogP) is 22.1. The summed E-state index contributed by atoms with van der Waals surface area (Å²) in [6.07, 6.45) is -3.92. The molecule has 3 amide bonds. The maximum absolute atomic E-state index is 15.0. The molecule has 0 unspecified atom stereocenters. The van der Waals surface area contributed by atoms with Crippen molar-refractivity contribution >= 4 is 51.7 Å². The number of nitrogens with zero attached hydrogens (tertiary/aromatic N) is 8. The Balaban J connectivity index is 0.000000161. The van der Waals surface area contributed by atoms with E-state index in [4.69, 9.17) is 9.47 Å². The largest absolute Gasteiger partial charge is 0.417 e. The summed E-state index contributed by atoms with van der Waals surface area (Å²) in [5.74, 6) is -5.50. The number of methoxy groups -OCH3 is 1. The smallest absolute Gasteiger partial charge is 0.382 e. The zero-order valence-electron chi connectivity index (χ0n) is 61.4. The molecule has 8 heterocycles. The van der Waals surface area contributed by atoms with E-state index in [0.717, 1.165) is 87.6 Å². The number of carbonyl (C=O) groups is 3. The number of amides is 3. The highest BCUT2D eigenvalue weighted by atomic mass is 19.4. The molecule has 3 N–H and O–H groups in total. The number of nitrogens with one attached hydrogen (secondary N) is 3. The zero-order valence-corrected chi connectivity index (χ0v) is 61.4. The summed E-state index contributed by atoms with van der Waals surface area (Å²) >= 11 is 0. The molecule has 7 aromatic carbocycles. The first-order valence-corrected chi connectivity index (χ1v) is 35.3. The van der Waals surface area contributed by atoms with Crippen LogP contribution in [0.1, 0.15) is 83.4 Å². The molecule has 0 saturated carbocycles. The van der Waals surface area contributed by atoms with Crippen LogP contribution in [0.4, 0.5) is 69.7 Å². The van der Waals surface area contributed by atoms with E-state index in [1.807, 2.05) is 79.2 Å². The fourth-order valence-electron chi connectivity index (χ4n) is 12.7. The third-order valence-corrected chi connectivity index (χ3v) is 18.4. The van der Waals surface area contributed by atoms with Gasteiger partial charge in [0.05, 0.1) is 94.1 Å². The van der Waals surface area contributed by atoms with Crippen LogP contribution >= 0.6 is 0 Å². The van der Waals surface area contributed by atoms with E-state index in [0.29, 0.717) is 50.5 Å². The highest BCUT2D eigenvalue weighted by molar-refractivity contribution is 6.08. The second kappa shape index (κ2) is 34.4. The van der Waals surface area contributed by atoms with Crippen LogP contribution in [-0.2, 0) is 34.6 Å². The number of benzene rings is 7. The Hall–Kier alpha value is -13.6. The maximum atomic E-state index is 15.0. The van der Waals surface area contributed by atoms with Gasteiger partial charge >= 0.3 is 18.5 Å². The van der Waals surface area contributed by atoms with Crippen LogP contribution in [-0.4, -0.2) is 76.2 Å². The minimum absolute atomic E-state index is 0. The van der Waals surface area contributed by atoms with Crippen molar-refractivity contribution < 1.29 is 76.5 Å². The van der Waals surface area contributed by atoms with Gasteiger partial charge in [-0.3, -0.25) is 37.6 Å². The van der Waals surface area contributed by atoms with E-state index < -0.39 is 87.1 Å². The first-order chi connectivity index (χ1) is 55.0. The van der Waals surface area contributed by atoms with E-state index in [1.165, 1.54) is 66.1 Å². The number of carbonyl (C=O) groups excluding carboxylic acids is 3. The average Bonchev–Trinajstić information content (AvgIpc) is 1.47. The summed E-state index contributed by atoms with van der Waals surface area (Å²) in [5, 5.41) is 7.52. The second-order valence-electron chi connectivity index (χ2n) is 26.4. The number of pyridine rings is 5. The molecule has 0 aliphatic rings. The Morgan fingerprint density at radius 3 is 1.30 bits per heavy atom. The minimum Gasteiger partial charge on any atom is -0.382 e. The molecule has 0 spiro atoms. The fourth-order valence-corrected chi connectivity index (χ4v) is 12.7. The van der Waals surface area contributed by atoms with Crippen molar-refractivity contribution in [2.24, 2.45) is 0 Å². The van der Waals surface area contributed by atoms with Crippen LogP contribution in [0.15, 0.2) is 250 Å². The van der Waals surface area contributed by atoms with Crippen molar-refractivity contribution in [3.63, 3.8) is 0 Å². The van der Waals surface area contributed by atoms with Gasteiger partial charge in [-0.25, -0.2) is 28.1 Å². The third kappa shape index (κ3) is 18.2. The number of hydrogen-bond donors (Lipinski definition) is 3. The summed E-state index contributed by atoms with van der Waals surface area (Å²) in [4.78, 5) is 61.6. The molecular formula is C88H69F12N11O5. The Morgan fingerprint density at radius 2 is 0.845 bits per heavy atom. The SMILES string of the molecule is C.COCCOCc1nc2c(-c3ccc(C(F)(F)F)c(C(=O)Nc4ccc(F)cc4)c3)cccn2c1-c1cccc(F)c1F.Cc1ccc(NC(=O)c2cc(-c3cccn4c(-c5ccc(C)nc5)cnc34)ccc2C(F)(F)F)cc1.Cc1ccc(NC(=O)c2cc(-c3cccn4c(-c5cccc(C)n5)cnc34)ccc2C(F)(F)F)cc1. The first-order valence-electron chi connectivity index (χ1n) is 35.3. The third-order valence-electron chi connectivity index (χ3n) is 18.4. The number of fused-ring (bicyclic) bond motifs is 3. The summed E-state index contributed by atoms with van der Waals surface area (Å²) in [6, 6.07) is 51.9. The van der Waals surface area contributed by atoms with Crippen LogP contribution in [0.25, 0.3) is 84.2 Å². The Labute approximate surface area is 655 Å². The summed E-state index contributed by atoms with van der Waals surface area (Å²) in [7, 11) is 1.49. The number of aryl methyl sites for hydroxylation is 4. The fraction of sp³-hybridized carbons (Fsp3) is 0.136. The topological polar surface area (TPSA) is 183 Å². The lowest BCUT2D eigenvalue weighted by Gasteiger charge is -2.15. The molecule has 116 heavy (non-hydrogen) atoms. The van der Waals surface area contributed by atoms with Crippen molar-refractivity contribution in [2.45, 2.75) is 60.3 Å². The number of hydrogen-bond acceptors (Lipinski definition) is 10. The van der Waals surface area contributed by atoms with Crippen LogP contribution in [0, 0.1) is 45.1 Å². The van der Waals surface area contributed by atoms with Crippen LogP contribution < -0.4 is 16.0 Å². The van der Waals surface area contributed by atoms with E-state index in [9.17, 15) is 67.1 Å². The lowest BCUT2D eigenvalue weighted by molar-refractivity contribution is -0.138. The molecular weight excluding hydrogens is 1520 g/mol. The number of imidazole rings is 3. The lowest BCUT2D eigenvalue weighted by Crippen LogP contribution is -2.19. The monoisotopic (exact) mass is 1590 g/mol. The van der Waals surface area contributed by atoms with E-state index in [1.54, 1.807) is 110 Å². The molecule has 15 rings (SSSR count). The van der Waals surface area contributed by atoms with E-state index in [2.05, 4.69) is 40.9 Å². The molecule has 590 valence electrons. The van der Waals surface area contributed by atoms with Crippen molar-refractivity contribution in [1.82, 2.24) is 38.1 Å². The molecule has 0 aliphatic heterocycles. The standard InChI is InChI=1S/C31H23F6N3O3.2C28H21F3N4O.CH4/c1-42-14-15-43-17-26-28(22-4-2-6-25(33)27(22)34)40-13-3-5-21(29(40)39-26)18-7-12-24(31(35,36)37)23(16-18)30(41)38-20-10-8-19(32)9-11-20;1-17-8-11-20(12-9-17)34-27(36)22-15-19(10-13-23(22)28(29,30)31)21-6-4-14-35-25(16-32-26(21)35)24-7-3-5-18(2)33-24;1-17-5-10-21(11-6-17)34-27(36)23-14-19(9-12-24(23)28(29,30)31)22-4-3-13-35-25(16-33-26(22)35)20-8-7-18(2)32-15-20;/h2-13,16H,14-15,17H2,1H3,(H,38,41);2*3-16H,1-2H3,(H,34,36);1H4. The normalized spacial score (nSPS) is 11.5. The van der Waals surface area contributed by atoms with E-state index >= 15 is 0 Å². The molecule has 0 atom stereocenters. The van der Waals surface area contributed by atoms with E-state index in [-0.39, 0.29) is 61.1 Å². The summed E-state index contributed by atoms with van der Waals surface area (Å²) in [6.45, 7) is 7.91. The van der Waals surface area contributed by atoms with Crippen LogP contribution in [0.5, 0.6) is 0 Å². The molecule has 28 heteroatoms. The molecule has 0 fully saturated rings. The van der Waals surface area contributed by atoms with Gasteiger partial charge in [0.2, 0.25) is 0 Å². The Morgan fingerprint density at radius 1 is 0.414 bits per heavy atom. The summed E-state index contributed by atoms with van der Waals surface area (Å²) in [5.41, 5.74) is 7.17. The molecule has 0 radical (unpaired) electrons. The van der Waals surface area contributed by atoms with Gasteiger partial charge in [-0.1, -0.05) is 73.2 Å². The van der Waals surface area contributed by atoms with Crippen molar-refractivity contribution in [3.8, 4) is 67.3 Å². The minimum atomic E-state index is -4.86. The number of alkyl halides is 9. The summed E-state index contributed by atoms with van der Waals surface area (Å²) < 4.78 is 183. The highest BCUT2D eigenvalue weighted by Gasteiger charge is 2.39. The molecule has 16 nitrogen and oxygen atoms in total. The average molecular weight is 1590 g/mol. The van der Waals surface area contributed by atoms with Crippen molar-refractivity contribution in [2.75, 3.05) is 36.3 Å². The number of rotatable bonds is 17. The van der Waals surface area contributed by atoms with Crippen molar-refractivity contribution in [1.29, 1.82) is 0 Å². The molecule has 0 bridgehead atoms. The Kier molecular flexibility index (Phi) is 24.3. The number of ether oxygens (including phenoxy) is 2. The first kappa shape index (κ1) is 81.9.